The molecule has 0 bridgehead atoms. The Morgan fingerprint density at radius 3 is 3.25 bits per heavy atom. The smallest absolute Gasteiger partial charge is 0.240 e. The fourth-order valence-corrected chi connectivity index (χ4v) is 3.98. The van der Waals surface area contributed by atoms with Crippen LogP contribution in [0.5, 0.6) is 0 Å². The number of hydrogen-bond acceptors (Lipinski definition) is 6. The summed E-state index contributed by atoms with van der Waals surface area (Å²) in [4.78, 5) is 4.40. The van der Waals surface area contributed by atoms with Gasteiger partial charge in [-0.1, -0.05) is 11.2 Å². The molecule has 1 atom stereocenters. The summed E-state index contributed by atoms with van der Waals surface area (Å²) >= 11 is 3.87. The van der Waals surface area contributed by atoms with Gasteiger partial charge in [0, 0.05) is 23.8 Å². The van der Waals surface area contributed by atoms with Gasteiger partial charge in [0.2, 0.25) is 5.89 Å². The van der Waals surface area contributed by atoms with Crippen molar-refractivity contribution in [3.63, 3.8) is 0 Å². The lowest BCUT2D eigenvalue weighted by Crippen LogP contribution is -2.13. The summed E-state index contributed by atoms with van der Waals surface area (Å²) in [6.07, 6.45) is 1.81. The maximum absolute atomic E-state index is 5.18. The lowest BCUT2D eigenvalue weighted by atomic mass is 10.4. The molecule has 1 aromatic heterocycles. The lowest BCUT2D eigenvalue weighted by Gasteiger charge is -2.16. The predicted molar refractivity (Wildman–Crippen MR) is 68.7 cm³/mol. The zero-order chi connectivity index (χ0) is 11.2. The summed E-state index contributed by atoms with van der Waals surface area (Å²) in [5.41, 5.74) is 0. The number of nitrogens with one attached hydrogen (secondary N) is 1. The monoisotopic (exact) mass is 257 g/mol. The van der Waals surface area contributed by atoms with Crippen molar-refractivity contribution in [3.8, 4) is 0 Å². The van der Waals surface area contributed by atoms with Gasteiger partial charge >= 0.3 is 0 Å². The van der Waals surface area contributed by atoms with Crippen molar-refractivity contribution >= 4 is 23.5 Å². The van der Waals surface area contributed by atoms with Crippen molar-refractivity contribution in [1.29, 1.82) is 0 Å². The minimum atomic E-state index is 0.399. The Kier molecular flexibility index (Phi) is 4.74. The van der Waals surface area contributed by atoms with E-state index < -0.39 is 0 Å². The topological polar surface area (TPSA) is 51.0 Å². The third-order valence-electron chi connectivity index (χ3n) is 2.15. The molecule has 0 amide bonds. The van der Waals surface area contributed by atoms with Gasteiger partial charge in [-0.05, 0) is 0 Å². The Balaban J connectivity index is 1.88. The molecule has 4 nitrogen and oxygen atoms in total. The highest BCUT2D eigenvalue weighted by Gasteiger charge is 2.21. The normalized spacial score (nSPS) is 20.9. The van der Waals surface area contributed by atoms with Gasteiger partial charge in [0.25, 0.3) is 0 Å². The van der Waals surface area contributed by atoms with Crippen LogP contribution in [-0.2, 0) is 6.54 Å². The van der Waals surface area contributed by atoms with Gasteiger partial charge < -0.3 is 9.84 Å². The van der Waals surface area contributed by atoms with Gasteiger partial charge in [0.05, 0.1) is 11.8 Å². The Labute approximate surface area is 104 Å². The molecule has 6 heteroatoms. The van der Waals surface area contributed by atoms with E-state index in [1.54, 1.807) is 0 Å². The summed E-state index contributed by atoms with van der Waals surface area (Å²) in [5, 5.41) is 7.57. The molecule has 0 radical (unpaired) electrons. The van der Waals surface area contributed by atoms with Crippen LogP contribution in [0.25, 0.3) is 0 Å². The van der Waals surface area contributed by atoms with Crippen LogP contribution in [0.1, 0.15) is 17.0 Å². The van der Waals surface area contributed by atoms with Gasteiger partial charge in [0.15, 0.2) is 5.82 Å². The number of aromatic nitrogens is 2. The third-order valence-corrected chi connectivity index (χ3v) is 4.90. The molecule has 0 spiro atoms. The largest absolute Gasteiger partial charge is 0.338 e. The Morgan fingerprint density at radius 2 is 2.50 bits per heavy atom. The zero-order valence-corrected chi connectivity index (χ0v) is 10.6. The van der Waals surface area contributed by atoms with E-state index in [1.165, 1.54) is 11.5 Å². The molecule has 2 rings (SSSR count). The van der Waals surface area contributed by atoms with Crippen molar-refractivity contribution in [2.75, 3.05) is 23.8 Å². The maximum Gasteiger partial charge on any atom is 0.240 e. The SMILES string of the molecule is C=CCNCc1nc(C2CSCCS2)no1. The molecule has 0 aliphatic carbocycles. The van der Waals surface area contributed by atoms with E-state index in [0.29, 0.717) is 17.7 Å². The third kappa shape index (κ3) is 3.26. The van der Waals surface area contributed by atoms with Crippen LogP contribution in [0.3, 0.4) is 0 Å². The van der Waals surface area contributed by atoms with E-state index in [2.05, 4.69) is 22.0 Å². The first-order valence-corrected chi connectivity index (χ1v) is 7.44. The Hall–Kier alpha value is -0.460. The first-order valence-electron chi connectivity index (χ1n) is 5.23. The van der Waals surface area contributed by atoms with Crippen LogP contribution < -0.4 is 5.32 Å². The number of rotatable bonds is 5. The van der Waals surface area contributed by atoms with Crippen molar-refractivity contribution in [2.24, 2.45) is 0 Å². The molecule has 1 N–H and O–H groups in total. The van der Waals surface area contributed by atoms with Crippen LogP contribution in [0.4, 0.5) is 0 Å². The highest BCUT2D eigenvalue weighted by Crippen LogP contribution is 2.34. The van der Waals surface area contributed by atoms with E-state index in [1.807, 2.05) is 29.6 Å². The second kappa shape index (κ2) is 6.32. The van der Waals surface area contributed by atoms with Crippen LogP contribution in [0.2, 0.25) is 0 Å². The molecule has 1 aliphatic heterocycles. The van der Waals surface area contributed by atoms with E-state index in [-0.39, 0.29) is 0 Å². The van der Waals surface area contributed by atoms with Gasteiger partial charge in [0.1, 0.15) is 0 Å². The Morgan fingerprint density at radius 1 is 1.56 bits per heavy atom. The number of hydrogen-bond donors (Lipinski definition) is 1. The molecule has 1 fully saturated rings. The van der Waals surface area contributed by atoms with E-state index in [4.69, 9.17) is 4.52 Å². The van der Waals surface area contributed by atoms with Crippen molar-refractivity contribution < 1.29 is 4.52 Å². The number of nitrogens with zero attached hydrogens (tertiary/aromatic N) is 2. The second-order valence-corrected chi connectivity index (χ2v) is 5.86. The molecule has 1 saturated heterocycles. The van der Waals surface area contributed by atoms with Crippen LogP contribution in [-0.4, -0.2) is 33.9 Å². The average Bonchev–Trinajstić information content (AvgIpc) is 2.79. The van der Waals surface area contributed by atoms with E-state index in [9.17, 15) is 0 Å². The molecule has 1 unspecified atom stereocenters. The molecule has 0 saturated carbocycles. The molecule has 16 heavy (non-hydrogen) atoms. The standard InChI is InChI=1S/C10H15N3OS2/c1-2-3-11-6-9-12-10(13-14-9)8-7-15-4-5-16-8/h2,8,11H,1,3-7H2. The first-order chi connectivity index (χ1) is 7.90. The molecular weight excluding hydrogens is 242 g/mol. The Bertz CT molecular complexity index is 337. The lowest BCUT2D eigenvalue weighted by molar-refractivity contribution is 0.365. The fraction of sp³-hybridized carbons (Fsp3) is 0.600. The molecular formula is C10H15N3OS2. The summed E-state index contributed by atoms with van der Waals surface area (Å²) in [6.45, 7) is 5.01. The van der Waals surface area contributed by atoms with Gasteiger partial charge in [-0.25, -0.2) is 0 Å². The predicted octanol–water partition coefficient (Wildman–Crippen LogP) is 1.87. The van der Waals surface area contributed by atoms with E-state index in [0.717, 1.165) is 18.1 Å². The molecule has 88 valence electrons. The highest BCUT2D eigenvalue weighted by molar-refractivity contribution is 8.06. The van der Waals surface area contributed by atoms with E-state index >= 15 is 0 Å². The molecule has 1 aromatic rings. The quantitative estimate of drug-likeness (QED) is 0.642. The van der Waals surface area contributed by atoms with Crippen LogP contribution >= 0.6 is 23.5 Å². The minimum absolute atomic E-state index is 0.399. The van der Waals surface area contributed by atoms with Crippen molar-refractivity contribution in [3.05, 3.63) is 24.4 Å². The summed E-state index contributed by atoms with van der Waals surface area (Å²) in [5.74, 6) is 4.99. The summed E-state index contributed by atoms with van der Waals surface area (Å²) in [6, 6.07) is 0. The van der Waals surface area contributed by atoms with Gasteiger partial charge in [-0.2, -0.15) is 16.7 Å². The average molecular weight is 257 g/mol. The molecule has 1 aliphatic rings. The highest BCUT2D eigenvalue weighted by atomic mass is 32.2. The van der Waals surface area contributed by atoms with Gasteiger partial charge in [-0.15, -0.1) is 18.3 Å². The summed E-state index contributed by atoms with van der Waals surface area (Å²) < 4.78 is 5.18. The second-order valence-electron chi connectivity index (χ2n) is 3.40. The maximum atomic E-state index is 5.18. The number of thioether (sulfide) groups is 2. The molecule has 0 aromatic carbocycles. The first kappa shape index (κ1) is 12.0. The minimum Gasteiger partial charge on any atom is -0.338 e. The van der Waals surface area contributed by atoms with Crippen LogP contribution in [0.15, 0.2) is 17.2 Å². The van der Waals surface area contributed by atoms with Gasteiger partial charge in [-0.3, -0.25) is 0 Å². The fourth-order valence-electron chi connectivity index (χ4n) is 1.39. The summed E-state index contributed by atoms with van der Waals surface area (Å²) in [7, 11) is 0. The van der Waals surface area contributed by atoms with Crippen molar-refractivity contribution in [2.45, 2.75) is 11.8 Å². The molecule has 2 heterocycles. The van der Waals surface area contributed by atoms with Crippen LogP contribution in [0, 0.1) is 0 Å². The zero-order valence-electron chi connectivity index (χ0n) is 9.02. The van der Waals surface area contributed by atoms with Crippen molar-refractivity contribution in [1.82, 2.24) is 15.5 Å².